The Hall–Kier alpha value is -2.37. The van der Waals surface area contributed by atoms with Gasteiger partial charge in [0.2, 0.25) is 0 Å². The van der Waals surface area contributed by atoms with Crippen LogP contribution in [0.3, 0.4) is 0 Å². The van der Waals surface area contributed by atoms with Gasteiger partial charge in [-0.05, 0) is 32.9 Å². The molecule has 2 aromatic heterocycles. The number of aryl methyl sites for hydroxylation is 2. The van der Waals surface area contributed by atoms with Crippen molar-refractivity contribution in [3.8, 4) is 0 Å². The third-order valence-electron chi connectivity index (χ3n) is 2.91. The van der Waals surface area contributed by atoms with E-state index in [1.165, 1.54) is 12.3 Å². The highest BCUT2D eigenvalue weighted by molar-refractivity contribution is 5.94. The first-order valence-electron chi connectivity index (χ1n) is 5.94. The van der Waals surface area contributed by atoms with Gasteiger partial charge in [-0.1, -0.05) is 5.16 Å². The van der Waals surface area contributed by atoms with Crippen molar-refractivity contribution >= 4 is 11.7 Å². The minimum atomic E-state index is -0.207. The number of carbonyl (C=O) groups excluding carboxylic acids is 1. The molecule has 0 aromatic carbocycles. The zero-order chi connectivity index (χ0) is 14.0. The minimum Gasteiger partial charge on any atom is -0.384 e. The predicted molar refractivity (Wildman–Crippen MR) is 70.5 cm³/mol. The maximum absolute atomic E-state index is 12.1. The van der Waals surface area contributed by atoms with E-state index in [0.29, 0.717) is 17.1 Å². The van der Waals surface area contributed by atoms with E-state index in [4.69, 9.17) is 10.3 Å². The second-order valence-corrected chi connectivity index (χ2v) is 4.40. The van der Waals surface area contributed by atoms with Gasteiger partial charge in [-0.15, -0.1) is 0 Å². The number of pyridine rings is 1. The van der Waals surface area contributed by atoms with Gasteiger partial charge >= 0.3 is 0 Å². The van der Waals surface area contributed by atoms with Gasteiger partial charge in [-0.25, -0.2) is 4.98 Å². The zero-order valence-corrected chi connectivity index (χ0v) is 11.1. The Balaban J connectivity index is 2.15. The van der Waals surface area contributed by atoms with Crippen molar-refractivity contribution < 1.29 is 9.32 Å². The number of hydrogen-bond acceptors (Lipinski definition) is 5. The quantitative estimate of drug-likeness (QED) is 0.876. The fourth-order valence-electron chi connectivity index (χ4n) is 2.05. The molecule has 0 aliphatic heterocycles. The number of nitrogen functional groups attached to an aromatic ring is 1. The summed E-state index contributed by atoms with van der Waals surface area (Å²) in [5.41, 5.74) is 7.71. The number of nitrogens with one attached hydrogen (secondary N) is 1. The Morgan fingerprint density at radius 1 is 1.47 bits per heavy atom. The topological polar surface area (TPSA) is 94.0 Å². The Morgan fingerprint density at radius 2 is 2.21 bits per heavy atom. The number of carbonyl (C=O) groups is 1. The summed E-state index contributed by atoms with van der Waals surface area (Å²) in [6.45, 7) is 5.55. The first-order chi connectivity index (χ1) is 8.99. The van der Waals surface area contributed by atoms with Crippen LogP contribution in [0.5, 0.6) is 0 Å². The molecule has 1 amide bonds. The number of rotatable bonds is 3. The summed E-state index contributed by atoms with van der Waals surface area (Å²) >= 11 is 0. The largest absolute Gasteiger partial charge is 0.384 e. The van der Waals surface area contributed by atoms with Crippen molar-refractivity contribution in [1.82, 2.24) is 15.5 Å². The Kier molecular flexibility index (Phi) is 3.50. The van der Waals surface area contributed by atoms with E-state index in [1.54, 1.807) is 6.07 Å². The van der Waals surface area contributed by atoms with E-state index >= 15 is 0 Å². The van der Waals surface area contributed by atoms with Crippen LogP contribution >= 0.6 is 0 Å². The van der Waals surface area contributed by atoms with Crippen LogP contribution < -0.4 is 11.1 Å². The van der Waals surface area contributed by atoms with Gasteiger partial charge in [0.15, 0.2) is 0 Å². The molecule has 2 aromatic rings. The molecule has 0 aliphatic rings. The van der Waals surface area contributed by atoms with Crippen molar-refractivity contribution in [3.05, 3.63) is 40.9 Å². The molecule has 0 radical (unpaired) electrons. The summed E-state index contributed by atoms with van der Waals surface area (Å²) in [6.07, 6.45) is 1.50. The smallest absolute Gasteiger partial charge is 0.251 e. The number of nitrogens with zero attached hydrogens (tertiary/aromatic N) is 2. The summed E-state index contributed by atoms with van der Waals surface area (Å²) in [5.74, 6) is 0.818. The molecule has 1 unspecified atom stereocenters. The van der Waals surface area contributed by atoms with Gasteiger partial charge < -0.3 is 15.6 Å². The summed E-state index contributed by atoms with van der Waals surface area (Å²) in [4.78, 5) is 15.9. The van der Waals surface area contributed by atoms with E-state index in [9.17, 15) is 4.79 Å². The standard InChI is InChI=1S/C13H16N4O2/c1-7(12-8(2)17-19-9(12)3)16-13(18)10-4-5-15-11(14)6-10/h4-7H,1-3H3,(H2,14,15)(H,16,18). The molecule has 100 valence electrons. The van der Waals surface area contributed by atoms with Crippen molar-refractivity contribution in [2.45, 2.75) is 26.8 Å². The van der Waals surface area contributed by atoms with Gasteiger partial charge in [0.25, 0.3) is 5.91 Å². The number of anilines is 1. The van der Waals surface area contributed by atoms with Crippen LogP contribution in [-0.4, -0.2) is 16.0 Å². The van der Waals surface area contributed by atoms with E-state index < -0.39 is 0 Å². The zero-order valence-electron chi connectivity index (χ0n) is 11.1. The van der Waals surface area contributed by atoms with E-state index in [-0.39, 0.29) is 11.9 Å². The third kappa shape index (κ3) is 2.73. The van der Waals surface area contributed by atoms with Crippen LogP contribution in [0, 0.1) is 13.8 Å². The maximum Gasteiger partial charge on any atom is 0.251 e. The molecule has 2 heterocycles. The molecule has 0 saturated carbocycles. The lowest BCUT2D eigenvalue weighted by atomic mass is 10.1. The van der Waals surface area contributed by atoms with E-state index in [0.717, 1.165) is 11.3 Å². The van der Waals surface area contributed by atoms with E-state index in [2.05, 4.69) is 15.5 Å². The molecule has 0 spiro atoms. The summed E-state index contributed by atoms with van der Waals surface area (Å²) in [5, 5.41) is 6.76. The molecule has 0 fully saturated rings. The molecule has 3 N–H and O–H groups in total. The third-order valence-corrected chi connectivity index (χ3v) is 2.91. The monoisotopic (exact) mass is 260 g/mol. The second-order valence-electron chi connectivity index (χ2n) is 4.40. The number of hydrogen-bond donors (Lipinski definition) is 2. The minimum absolute atomic E-state index is 0.187. The fourth-order valence-corrected chi connectivity index (χ4v) is 2.05. The Morgan fingerprint density at radius 3 is 2.79 bits per heavy atom. The molecule has 19 heavy (non-hydrogen) atoms. The number of aromatic nitrogens is 2. The van der Waals surface area contributed by atoms with Crippen LogP contribution in [0.1, 0.15) is 40.3 Å². The normalized spacial score (nSPS) is 12.2. The molecular weight excluding hydrogens is 244 g/mol. The highest BCUT2D eigenvalue weighted by Crippen LogP contribution is 2.21. The summed E-state index contributed by atoms with van der Waals surface area (Å²) < 4.78 is 5.09. The summed E-state index contributed by atoms with van der Waals surface area (Å²) in [7, 11) is 0. The number of nitrogens with two attached hydrogens (primary N) is 1. The lowest BCUT2D eigenvalue weighted by Crippen LogP contribution is -2.27. The van der Waals surface area contributed by atoms with Gasteiger partial charge in [0, 0.05) is 17.3 Å². The molecule has 0 aliphatic carbocycles. The van der Waals surface area contributed by atoms with Gasteiger partial charge in [-0.2, -0.15) is 0 Å². The predicted octanol–water partition coefficient (Wildman–Crippen LogP) is 1.76. The SMILES string of the molecule is Cc1noc(C)c1C(C)NC(=O)c1ccnc(N)c1. The maximum atomic E-state index is 12.1. The molecular formula is C13H16N4O2. The van der Waals surface area contributed by atoms with Gasteiger partial charge in [-0.3, -0.25) is 4.79 Å². The van der Waals surface area contributed by atoms with Gasteiger partial charge in [0.05, 0.1) is 11.7 Å². The first-order valence-corrected chi connectivity index (χ1v) is 5.94. The second kappa shape index (κ2) is 5.09. The molecule has 0 saturated heterocycles. The molecule has 2 rings (SSSR count). The number of amides is 1. The molecule has 6 heteroatoms. The van der Waals surface area contributed by atoms with Crippen molar-refractivity contribution in [2.24, 2.45) is 0 Å². The highest BCUT2D eigenvalue weighted by atomic mass is 16.5. The van der Waals surface area contributed by atoms with Crippen LogP contribution in [0.15, 0.2) is 22.9 Å². The first kappa shape index (κ1) is 13.1. The lowest BCUT2D eigenvalue weighted by molar-refractivity contribution is 0.0939. The van der Waals surface area contributed by atoms with Crippen molar-refractivity contribution in [1.29, 1.82) is 0 Å². The van der Waals surface area contributed by atoms with Gasteiger partial charge in [0.1, 0.15) is 11.6 Å². The average Bonchev–Trinajstić information content (AvgIpc) is 2.69. The van der Waals surface area contributed by atoms with Crippen molar-refractivity contribution in [2.75, 3.05) is 5.73 Å². The lowest BCUT2D eigenvalue weighted by Gasteiger charge is -2.13. The van der Waals surface area contributed by atoms with Crippen LogP contribution in [0.2, 0.25) is 0 Å². The van der Waals surface area contributed by atoms with E-state index in [1.807, 2.05) is 20.8 Å². The van der Waals surface area contributed by atoms with Crippen molar-refractivity contribution in [3.63, 3.8) is 0 Å². The van der Waals surface area contributed by atoms with Crippen LogP contribution in [-0.2, 0) is 0 Å². The summed E-state index contributed by atoms with van der Waals surface area (Å²) in [6, 6.07) is 2.97. The Labute approximate surface area is 111 Å². The van der Waals surface area contributed by atoms with Crippen LogP contribution in [0.25, 0.3) is 0 Å². The highest BCUT2D eigenvalue weighted by Gasteiger charge is 2.18. The molecule has 6 nitrogen and oxygen atoms in total. The fraction of sp³-hybridized carbons (Fsp3) is 0.308. The van der Waals surface area contributed by atoms with Crippen LogP contribution in [0.4, 0.5) is 5.82 Å². The molecule has 0 bridgehead atoms. The molecule has 1 atom stereocenters. The average molecular weight is 260 g/mol. The Bertz CT molecular complexity index is 587.